The van der Waals surface area contributed by atoms with E-state index in [9.17, 15) is 9.59 Å². The minimum Gasteiger partial charge on any atom is -0.445 e. The number of carbonyl (C=O) groups is 2. The first-order chi connectivity index (χ1) is 9.09. The van der Waals surface area contributed by atoms with Gasteiger partial charge in [-0.05, 0) is 19.4 Å². The number of hydrogen-bond acceptors (Lipinski definition) is 3. The number of carbonyl (C=O) groups excluding carboxylic acids is 2. The summed E-state index contributed by atoms with van der Waals surface area (Å²) in [6, 6.07) is 8.92. The molecule has 1 aromatic rings. The normalized spacial score (nSPS) is 22.8. The van der Waals surface area contributed by atoms with Gasteiger partial charge in [-0.3, -0.25) is 9.69 Å². The summed E-state index contributed by atoms with van der Waals surface area (Å²) in [7, 11) is 0. The summed E-state index contributed by atoms with van der Waals surface area (Å²) in [5.74, 6) is -0.144. The lowest BCUT2D eigenvalue weighted by Crippen LogP contribution is -2.60. The van der Waals surface area contributed by atoms with E-state index in [2.05, 4.69) is 5.32 Å². The van der Waals surface area contributed by atoms with E-state index in [4.69, 9.17) is 4.74 Å². The number of ether oxygens (including phenoxy) is 1. The minimum atomic E-state index is -0.493. The number of nitrogens with zero attached hydrogens (tertiary/aromatic N) is 1. The summed E-state index contributed by atoms with van der Waals surface area (Å²) in [4.78, 5) is 25.1. The molecular formula is C14H18N2O3. The van der Waals surface area contributed by atoms with Gasteiger partial charge < -0.3 is 10.1 Å². The first kappa shape index (κ1) is 13.4. The average Bonchev–Trinajstić information content (AvgIpc) is 2.42. The molecule has 0 aliphatic carbocycles. The molecule has 1 N–H and O–H groups in total. The van der Waals surface area contributed by atoms with Gasteiger partial charge >= 0.3 is 6.09 Å². The second kappa shape index (κ2) is 5.73. The Bertz CT molecular complexity index is 461. The maximum absolute atomic E-state index is 12.1. The van der Waals surface area contributed by atoms with Gasteiger partial charge in [0.25, 0.3) is 0 Å². The van der Waals surface area contributed by atoms with Gasteiger partial charge in [-0.15, -0.1) is 0 Å². The monoisotopic (exact) mass is 262 g/mol. The molecule has 1 fully saturated rings. The largest absolute Gasteiger partial charge is 0.445 e. The fourth-order valence-electron chi connectivity index (χ4n) is 2.13. The molecule has 0 bridgehead atoms. The third-order valence-electron chi connectivity index (χ3n) is 3.26. The van der Waals surface area contributed by atoms with Crippen LogP contribution in [0.2, 0.25) is 0 Å². The average molecular weight is 262 g/mol. The van der Waals surface area contributed by atoms with Gasteiger partial charge in [-0.2, -0.15) is 0 Å². The molecule has 19 heavy (non-hydrogen) atoms. The zero-order valence-electron chi connectivity index (χ0n) is 11.1. The smallest absolute Gasteiger partial charge is 0.411 e. The maximum atomic E-state index is 12.1. The number of nitrogens with one attached hydrogen (secondary N) is 1. The molecule has 2 amide bonds. The van der Waals surface area contributed by atoms with E-state index in [1.807, 2.05) is 37.3 Å². The van der Waals surface area contributed by atoms with E-state index in [1.54, 1.807) is 6.92 Å². The molecule has 0 spiro atoms. The quantitative estimate of drug-likeness (QED) is 0.879. The summed E-state index contributed by atoms with van der Waals surface area (Å²) >= 11 is 0. The molecule has 1 saturated heterocycles. The first-order valence-electron chi connectivity index (χ1n) is 6.36. The van der Waals surface area contributed by atoms with Crippen molar-refractivity contribution >= 4 is 12.0 Å². The number of amides is 2. The third kappa shape index (κ3) is 3.05. The summed E-state index contributed by atoms with van der Waals surface area (Å²) in [5.41, 5.74) is 0.928. The highest BCUT2D eigenvalue weighted by Crippen LogP contribution is 2.13. The fourth-order valence-corrected chi connectivity index (χ4v) is 2.13. The van der Waals surface area contributed by atoms with Crippen LogP contribution >= 0.6 is 0 Å². The van der Waals surface area contributed by atoms with Gasteiger partial charge in [0.15, 0.2) is 0 Å². The van der Waals surface area contributed by atoms with Crippen molar-refractivity contribution in [2.45, 2.75) is 32.5 Å². The Morgan fingerprint density at radius 3 is 2.74 bits per heavy atom. The van der Waals surface area contributed by atoms with Crippen LogP contribution in [0.1, 0.15) is 19.4 Å². The van der Waals surface area contributed by atoms with Crippen LogP contribution in [0.15, 0.2) is 30.3 Å². The molecule has 5 heteroatoms. The van der Waals surface area contributed by atoms with Gasteiger partial charge in [0.2, 0.25) is 5.91 Å². The van der Waals surface area contributed by atoms with Gasteiger partial charge in [0, 0.05) is 6.54 Å². The van der Waals surface area contributed by atoms with Crippen molar-refractivity contribution in [1.29, 1.82) is 0 Å². The predicted octanol–water partition coefficient (Wildman–Crippen LogP) is 1.53. The van der Waals surface area contributed by atoms with Gasteiger partial charge in [-0.25, -0.2) is 4.79 Å². The topological polar surface area (TPSA) is 58.6 Å². The van der Waals surface area contributed by atoms with Gasteiger partial charge in [0.1, 0.15) is 12.6 Å². The number of rotatable bonds is 2. The van der Waals surface area contributed by atoms with Crippen LogP contribution in [0, 0.1) is 0 Å². The van der Waals surface area contributed by atoms with Crippen LogP contribution in [-0.2, 0) is 16.1 Å². The molecule has 2 rings (SSSR count). The van der Waals surface area contributed by atoms with Crippen molar-refractivity contribution in [1.82, 2.24) is 10.2 Å². The molecule has 1 aromatic carbocycles. The van der Waals surface area contributed by atoms with Gasteiger partial charge in [-0.1, -0.05) is 30.3 Å². The highest BCUT2D eigenvalue weighted by molar-refractivity contribution is 5.86. The number of benzene rings is 1. The molecular weight excluding hydrogens is 244 g/mol. The summed E-state index contributed by atoms with van der Waals surface area (Å²) in [6.07, 6.45) is -0.446. The zero-order chi connectivity index (χ0) is 13.8. The molecule has 1 aliphatic rings. The predicted molar refractivity (Wildman–Crippen MR) is 70.4 cm³/mol. The Morgan fingerprint density at radius 1 is 1.37 bits per heavy atom. The second-order valence-electron chi connectivity index (χ2n) is 4.72. The fraction of sp³-hybridized carbons (Fsp3) is 0.429. The Balaban J connectivity index is 1.97. The molecule has 0 aromatic heterocycles. The van der Waals surface area contributed by atoms with Crippen molar-refractivity contribution in [3.05, 3.63) is 35.9 Å². The van der Waals surface area contributed by atoms with Crippen LogP contribution in [0.4, 0.5) is 4.79 Å². The van der Waals surface area contributed by atoms with E-state index < -0.39 is 12.1 Å². The Morgan fingerprint density at radius 2 is 2.05 bits per heavy atom. The van der Waals surface area contributed by atoms with Crippen LogP contribution < -0.4 is 5.32 Å². The van der Waals surface area contributed by atoms with Crippen molar-refractivity contribution in [3.63, 3.8) is 0 Å². The van der Waals surface area contributed by atoms with E-state index in [-0.39, 0.29) is 18.6 Å². The SMILES string of the molecule is C[C@@H]1CNC(=O)[C@H](C)N1C(=O)OCc1ccccc1. The summed E-state index contributed by atoms with van der Waals surface area (Å²) < 4.78 is 5.26. The lowest BCUT2D eigenvalue weighted by molar-refractivity contribution is -0.129. The van der Waals surface area contributed by atoms with Crippen LogP contribution in [0.3, 0.4) is 0 Å². The Kier molecular flexibility index (Phi) is 4.04. The Hall–Kier alpha value is -2.04. The first-order valence-corrected chi connectivity index (χ1v) is 6.36. The van der Waals surface area contributed by atoms with Crippen LogP contribution in [-0.4, -0.2) is 35.5 Å². The van der Waals surface area contributed by atoms with E-state index >= 15 is 0 Å². The van der Waals surface area contributed by atoms with Gasteiger partial charge in [0.05, 0.1) is 6.04 Å². The van der Waals surface area contributed by atoms with Crippen LogP contribution in [0.5, 0.6) is 0 Å². The number of hydrogen-bond donors (Lipinski definition) is 1. The second-order valence-corrected chi connectivity index (χ2v) is 4.72. The standard InChI is InChI=1S/C14H18N2O3/c1-10-8-15-13(17)11(2)16(10)14(18)19-9-12-6-4-3-5-7-12/h3-7,10-11H,8-9H2,1-2H3,(H,15,17)/t10-,11+/m1/s1. The van der Waals surface area contributed by atoms with Crippen molar-refractivity contribution < 1.29 is 14.3 Å². The molecule has 1 heterocycles. The third-order valence-corrected chi connectivity index (χ3v) is 3.26. The van der Waals surface area contributed by atoms with E-state index in [0.29, 0.717) is 6.54 Å². The molecule has 5 nitrogen and oxygen atoms in total. The summed E-state index contributed by atoms with van der Waals surface area (Å²) in [5, 5.41) is 2.75. The Labute approximate surface area is 112 Å². The van der Waals surface area contributed by atoms with E-state index in [0.717, 1.165) is 5.56 Å². The van der Waals surface area contributed by atoms with Crippen LogP contribution in [0.25, 0.3) is 0 Å². The molecule has 0 saturated carbocycles. The minimum absolute atomic E-state index is 0.0593. The molecule has 2 atom stereocenters. The van der Waals surface area contributed by atoms with Crippen molar-refractivity contribution in [2.24, 2.45) is 0 Å². The van der Waals surface area contributed by atoms with E-state index in [1.165, 1.54) is 4.90 Å². The zero-order valence-corrected chi connectivity index (χ0v) is 11.1. The summed E-state index contributed by atoms with van der Waals surface area (Å²) in [6.45, 7) is 4.27. The highest BCUT2D eigenvalue weighted by atomic mass is 16.6. The molecule has 102 valence electrons. The molecule has 1 aliphatic heterocycles. The van der Waals surface area contributed by atoms with Crippen molar-refractivity contribution in [2.75, 3.05) is 6.54 Å². The molecule has 0 radical (unpaired) electrons. The number of piperazine rings is 1. The lowest BCUT2D eigenvalue weighted by atomic mass is 10.1. The lowest BCUT2D eigenvalue weighted by Gasteiger charge is -2.37. The maximum Gasteiger partial charge on any atom is 0.411 e. The highest BCUT2D eigenvalue weighted by Gasteiger charge is 2.35. The molecule has 0 unspecified atom stereocenters. The van der Waals surface area contributed by atoms with Crippen molar-refractivity contribution in [3.8, 4) is 0 Å².